The number of aromatic nitrogens is 2. The molecule has 0 aliphatic heterocycles. The number of para-hydroxylation sites is 1. The molecule has 0 bridgehead atoms. The predicted octanol–water partition coefficient (Wildman–Crippen LogP) is 2.64. The fourth-order valence-corrected chi connectivity index (χ4v) is 2.97. The normalized spacial score (nSPS) is 15.7. The van der Waals surface area contributed by atoms with Crippen molar-refractivity contribution in [2.24, 2.45) is 5.92 Å². The molecule has 1 saturated carbocycles. The van der Waals surface area contributed by atoms with Gasteiger partial charge in [-0.1, -0.05) is 29.8 Å². The van der Waals surface area contributed by atoms with Gasteiger partial charge in [0.15, 0.2) is 0 Å². The molecule has 0 radical (unpaired) electrons. The molecular formula is C17H21ClN4O. The van der Waals surface area contributed by atoms with Crippen LogP contribution >= 0.6 is 11.6 Å². The maximum atomic E-state index is 12.4. The zero-order chi connectivity index (χ0) is 16.4. The molecule has 1 aliphatic rings. The Labute approximate surface area is 140 Å². The highest BCUT2D eigenvalue weighted by Crippen LogP contribution is 2.34. The van der Waals surface area contributed by atoms with Gasteiger partial charge in [0, 0.05) is 12.6 Å². The van der Waals surface area contributed by atoms with Crippen molar-refractivity contribution in [2.75, 3.05) is 26.0 Å². The molecule has 1 atom stereocenters. The number of hydrogen-bond donors (Lipinski definition) is 1. The highest BCUT2D eigenvalue weighted by molar-refractivity contribution is 6.32. The number of benzene rings is 1. The van der Waals surface area contributed by atoms with E-state index in [4.69, 9.17) is 11.6 Å². The van der Waals surface area contributed by atoms with Crippen LogP contribution in [0.1, 0.15) is 12.8 Å². The van der Waals surface area contributed by atoms with E-state index >= 15 is 0 Å². The molecular weight excluding hydrogens is 312 g/mol. The first-order valence-electron chi connectivity index (χ1n) is 7.81. The average molecular weight is 333 g/mol. The van der Waals surface area contributed by atoms with Gasteiger partial charge < -0.3 is 10.2 Å². The van der Waals surface area contributed by atoms with Gasteiger partial charge in [-0.3, -0.25) is 4.79 Å². The van der Waals surface area contributed by atoms with Gasteiger partial charge in [0.2, 0.25) is 0 Å². The maximum absolute atomic E-state index is 12.4. The second-order valence-electron chi connectivity index (χ2n) is 6.17. The second-order valence-corrected chi connectivity index (χ2v) is 6.55. The van der Waals surface area contributed by atoms with E-state index < -0.39 is 0 Å². The van der Waals surface area contributed by atoms with Gasteiger partial charge in [0.05, 0.1) is 17.6 Å². The summed E-state index contributed by atoms with van der Waals surface area (Å²) in [6.07, 6.45) is 4.16. The summed E-state index contributed by atoms with van der Waals surface area (Å²) in [7, 11) is 4.16. The topological polar surface area (TPSA) is 50.2 Å². The van der Waals surface area contributed by atoms with E-state index in [9.17, 15) is 4.79 Å². The molecule has 1 aromatic heterocycles. The summed E-state index contributed by atoms with van der Waals surface area (Å²) in [5, 5.41) is 7.70. The summed E-state index contributed by atoms with van der Waals surface area (Å²) < 4.78 is 1.32. The fraction of sp³-hybridized carbons (Fsp3) is 0.412. The first kappa shape index (κ1) is 16.0. The van der Waals surface area contributed by atoms with E-state index in [1.165, 1.54) is 17.5 Å². The number of likely N-dealkylation sites (N-methyl/N-ethyl adjacent to an activating group) is 1. The predicted molar refractivity (Wildman–Crippen MR) is 93.5 cm³/mol. The molecule has 23 heavy (non-hydrogen) atoms. The number of halogens is 1. The molecule has 1 unspecified atom stereocenters. The molecule has 0 spiro atoms. The van der Waals surface area contributed by atoms with Crippen molar-refractivity contribution in [3.63, 3.8) is 0 Å². The molecule has 3 rings (SSSR count). The van der Waals surface area contributed by atoms with Crippen molar-refractivity contribution >= 4 is 17.3 Å². The molecule has 1 fully saturated rings. The van der Waals surface area contributed by atoms with E-state index in [1.54, 1.807) is 6.20 Å². The molecule has 5 nitrogen and oxygen atoms in total. The summed E-state index contributed by atoms with van der Waals surface area (Å²) >= 11 is 6.26. The van der Waals surface area contributed by atoms with Crippen LogP contribution in [0, 0.1) is 5.92 Å². The van der Waals surface area contributed by atoms with E-state index in [-0.39, 0.29) is 10.6 Å². The van der Waals surface area contributed by atoms with E-state index in [0.29, 0.717) is 17.4 Å². The Morgan fingerprint density at radius 3 is 2.65 bits per heavy atom. The lowest BCUT2D eigenvalue weighted by molar-refractivity contribution is 0.276. The number of hydrogen-bond acceptors (Lipinski definition) is 4. The van der Waals surface area contributed by atoms with Crippen LogP contribution in [-0.4, -0.2) is 41.4 Å². The lowest BCUT2D eigenvalue weighted by Gasteiger charge is -2.25. The minimum Gasteiger partial charge on any atom is -0.381 e. The van der Waals surface area contributed by atoms with Gasteiger partial charge in [0.1, 0.15) is 5.02 Å². The largest absolute Gasteiger partial charge is 0.381 e. The van der Waals surface area contributed by atoms with Crippen molar-refractivity contribution < 1.29 is 0 Å². The van der Waals surface area contributed by atoms with Gasteiger partial charge in [-0.05, 0) is 45.0 Å². The summed E-state index contributed by atoms with van der Waals surface area (Å²) in [5.41, 5.74) is 0.988. The second kappa shape index (κ2) is 6.72. The smallest absolute Gasteiger partial charge is 0.292 e. The monoisotopic (exact) mass is 332 g/mol. The first-order chi connectivity index (χ1) is 11.1. The van der Waals surface area contributed by atoms with Gasteiger partial charge in [-0.25, -0.2) is 0 Å². The average Bonchev–Trinajstić information content (AvgIpc) is 3.37. The Morgan fingerprint density at radius 2 is 2.04 bits per heavy atom. The van der Waals surface area contributed by atoms with E-state index in [0.717, 1.165) is 12.5 Å². The molecule has 2 aromatic rings. The Hall–Kier alpha value is -1.85. The number of anilines is 1. The molecule has 1 heterocycles. The zero-order valence-corrected chi connectivity index (χ0v) is 14.1. The standard InChI is InChI=1S/C17H21ClN4O/c1-21(2)15(12-8-9-12)11-19-14-10-20-22(17(23)16(14)18)13-6-4-3-5-7-13/h3-7,10,12,15,19H,8-9,11H2,1-2H3. The Kier molecular flexibility index (Phi) is 4.68. The Balaban J connectivity index is 1.79. The van der Waals surface area contributed by atoms with Crippen LogP contribution in [0.4, 0.5) is 5.69 Å². The molecule has 0 amide bonds. The number of rotatable bonds is 6. The molecule has 1 aliphatic carbocycles. The lowest BCUT2D eigenvalue weighted by Crippen LogP contribution is -2.36. The molecule has 0 saturated heterocycles. The van der Waals surface area contributed by atoms with E-state index in [2.05, 4.69) is 29.4 Å². The summed E-state index contributed by atoms with van der Waals surface area (Å²) in [5.74, 6) is 0.730. The third-order valence-electron chi connectivity index (χ3n) is 4.25. The Bertz CT molecular complexity index is 723. The lowest BCUT2D eigenvalue weighted by atomic mass is 10.1. The minimum absolute atomic E-state index is 0.178. The van der Waals surface area contributed by atoms with Crippen molar-refractivity contribution in [2.45, 2.75) is 18.9 Å². The van der Waals surface area contributed by atoms with Gasteiger partial charge in [-0.15, -0.1) is 0 Å². The fourth-order valence-electron chi connectivity index (χ4n) is 2.78. The maximum Gasteiger partial charge on any atom is 0.292 e. The van der Waals surface area contributed by atoms with Gasteiger partial charge >= 0.3 is 0 Å². The van der Waals surface area contributed by atoms with Crippen LogP contribution in [0.5, 0.6) is 0 Å². The number of nitrogens with zero attached hydrogens (tertiary/aromatic N) is 3. The van der Waals surface area contributed by atoms with Crippen LogP contribution in [0.15, 0.2) is 41.3 Å². The van der Waals surface area contributed by atoms with Crippen LogP contribution < -0.4 is 10.9 Å². The van der Waals surface area contributed by atoms with Crippen molar-refractivity contribution in [1.82, 2.24) is 14.7 Å². The third kappa shape index (κ3) is 3.57. The third-order valence-corrected chi connectivity index (χ3v) is 4.62. The highest BCUT2D eigenvalue weighted by Gasteiger charge is 2.32. The number of nitrogens with one attached hydrogen (secondary N) is 1. The quantitative estimate of drug-likeness (QED) is 0.883. The molecule has 1 N–H and O–H groups in total. The van der Waals surface area contributed by atoms with Crippen molar-refractivity contribution in [3.8, 4) is 5.69 Å². The first-order valence-corrected chi connectivity index (χ1v) is 8.19. The zero-order valence-electron chi connectivity index (χ0n) is 13.4. The van der Waals surface area contributed by atoms with Crippen LogP contribution in [0.2, 0.25) is 5.02 Å². The van der Waals surface area contributed by atoms with Crippen LogP contribution in [0.3, 0.4) is 0 Å². The molecule has 6 heteroatoms. The van der Waals surface area contributed by atoms with Gasteiger partial charge in [-0.2, -0.15) is 9.78 Å². The molecule has 1 aromatic carbocycles. The van der Waals surface area contributed by atoms with Crippen LogP contribution in [0.25, 0.3) is 5.69 Å². The van der Waals surface area contributed by atoms with E-state index in [1.807, 2.05) is 30.3 Å². The SMILES string of the molecule is CN(C)C(CNc1cnn(-c2ccccc2)c(=O)c1Cl)C1CC1. The van der Waals surface area contributed by atoms with Gasteiger partial charge in [0.25, 0.3) is 5.56 Å². The van der Waals surface area contributed by atoms with Crippen molar-refractivity contribution in [3.05, 3.63) is 51.9 Å². The minimum atomic E-state index is -0.310. The van der Waals surface area contributed by atoms with Crippen molar-refractivity contribution in [1.29, 1.82) is 0 Å². The summed E-state index contributed by atoms with van der Waals surface area (Å²) in [6, 6.07) is 9.72. The highest BCUT2D eigenvalue weighted by atomic mass is 35.5. The van der Waals surface area contributed by atoms with Crippen LogP contribution in [-0.2, 0) is 0 Å². The Morgan fingerprint density at radius 1 is 1.35 bits per heavy atom. The summed E-state index contributed by atoms with van der Waals surface area (Å²) in [6.45, 7) is 0.758. The summed E-state index contributed by atoms with van der Waals surface area (Å²) in [4.78, 5) is 14.7. The molecule has 122 valence electrons.